The molecule has 0 spiro atoms. The van der Waals surface area contributed by atoms with Crippen LogP contribution in [-0.4, -0.2) is 35.4 Å². The fourth-order valence-corrected chi connectivity index (χ4v) is 3.30. The zero-order valence-electron chi connectivity index (χ0n) is 9.20. The van der Waals surface area contributed by atoms with Gasteiger partial charge in [0.2, 0.25) is 0 Å². The summed E-state index contributed by atoms with van der Waals surface area (Å²) in [6, 6.07) is 5.88. The molecule has 1 aliphatic heterocycles. The zero-order valence-corrected chi connectivity index (χ0v) is 11.6. The number of carbonyl (C=O) groups excluding carboxylic acids is 1. The summed E-state index contributed by atoms with van der Waals surface area (Å²) in [7, 11) is 0. The minimum Gasteiger partial charge on any atom is -0.337 e. The number of carbonyl (C=O) groups is 1. The Balaban J connectivity index is 2.19. The molecule has 1 fully saturated rings. The Morgan fingerprint density at radius 1 is 1.38 bits per heavy atom. The quantitative estimate of drug-likeness (QED) is 0.795. The standard InChI is InChI=1S/C12H14BrNOS/c1-9-2-3-10(11(13)8-9)12(15)14-4-6-16-7-5-14/h2-3,8H,4-7H2,1H3. The van der Waals surface area contributed by atoms with Crippen molar-refractivity contribution in [3.8, 4) is 0 Å². The largest absolute Gasteiger partial charge is 0.337 e. The van der Waals surface area contributed by atoms with Gasteiger partial charge in [-0.15, -0.1) is 0 Å². The fraction of sp³-hybridized carbons (Fsp3) is 0.417. The van der Waals surface area contributed by atoms with Gasteiger partial charge in [-0.1, -0.05) is 6.07 Å². The van der Waals surface area contributed by atoms with Crippen LogP contribution in [0.2, 0.25) is 0 Å². The summed E-state index contributed by atoms with van der Waals surface area (Å²) in [6.45, 7) is 3.75. The molecule has 1 aromatic rings. The molecule has 2 nitrogen and oxygen atoms in total. The monoisotopic (exact) mass is 299 g/mol. The molecule has 1 aromatic carbocycles. The number of benzene rings is 1. The number of amides is 1. The van der Waals surface area contributed by atoms with Crippen LogP contribution in [-0.2, 0) is 0 Å². The molecule has 1 amide bonds. The van der Waals surface area contributed by atoms with Crippen LogP contribution in [0.15, 0.2) is 22.7 Å². The molecule has 2 rings (SSSR count). The van der Waals surface area contributed by atoms with Gasteiger partial charge < -0.3 is 4.90 Å². The lowest BCUT2D eigenvalue weighted by Crippen LogP contribution is -2.38. The Morgan fingerprint density at radius 3 is 2.69 bits per heavy atom. The van der Waals surface area contributed by atoms with Crippen molar-refractivity contribution in [2.75, 3.05) is 24.6 Å². The van der Waals surface area contributed by atoms with Crippen LogP contribution >= 0.6 is 27.7 Å². The lowest BCUT2D eigenvalue weighted by atomic mass is 10.1. The molecule has 0 unspecified atom stereocenters. The molecule has 1 saturated heterocycles. The maximum atomic E-state index is 12.2. The topological polar surface area (TPSA) is 20.3 Å². The first-order valence-electron chi connectivity index (χ1n) is 5.31. The molecule has 0 aromatic heterocycles. The lowest BCUT2D eigenvalue weighted by Gasteiger charge is -2.26. The van der Waals surface area contributed by atoms with Gasteiger partial charge in [-0.25, -0.2) is 0 Å². The molecular formula is C12H14BrNOS. The van der Waals surface area contributed by atoms with Gasteiger partial charge in [0.05, 0.1) is 5.56 Å². The number of rotatable bonds is 1. The predicted molar refractivity (Wildman–Crippen MR) is 72.1 cm³/mol. The summed E-state index contributed by atoms with van der Waals surface area (Å²) >= 11 is 5.37. The Kier molecular flexibility index (Phi) is 3.92. The van der Waals surface area contributed by atoms with Crippen molar-refractivity contribution in [3.05, 3.63) is 33.8 Å². The van der Waals surface area contributed by atoms with Crippen LogP contribution in [0.25, 0.3) is 0 Å². The highest BCUT2D eigenvalue weighted by Gasteiger charge is 2.19. The van der Waals surface area contributed by atoms with Crippen molar-refractivity contribution >= 4 is 33.6 Å². The average molecular weight is 300 g/mol. The lowest BCUT2D eigenvalue weighted by molar-refractivity contribution is 0.0771. The van der Waals surface area contributed by atoms with Crippen LogP contribution in [0.3, 0.4) is 0 Å². The third kappa shape index (κ3) is 2.61. The van der Waals surface area contributed by atoms with E-state index in [4.69, 9.17) is 0 Å². The normalized spacial score (nSPS) is 16.2. The summed E-state index contributed by atoms with van der Waals surface area (Å²) in [6.07, 6.45) is 0. The molecule has 0 saturated carbocycles. The van der Waals surface area contributed by atoms with Crippen molar-refractivity contribution in [1.29, 1.82) is 0 Å². The second kappa shape index (κ2) is 5.23. The van der Waals surface area contributed by atoms with E-state index in [2.05, 4.69) is 15.9 Å². The Labute approximate surface area is 109 Å². The minimum absolute atomic E-state index is 0.146. The predicted octanol–water partition coefficient (Wildman–Crippen LogP) is 2.95. The van der Waals surface area contributed by atoms with Gasteiger partial charge in [0.25, 0.3) is 5.91 Å². The van der Waals surface area contributed by atoms with Gasteiger partial charge in [-0.3, -0.25) is 4.79 Å². The van der Waals surface area contributed by atoms with E-state index >= 15 is 0 Å². The summed E-state index contributed by atoms with van der Waals surface area (Å²) in [5.41, 5.74) is 1.94. The molecule has 16 heavy (non-hydrogen) atoms. The molecule has 0 bridgehead atoms. The average Bonchev–Trinajstić information content (AvgIpc) is 2.29. The van der Waals surface area contributed by atoms with Crippen LogP contribution in [0, 0.1) is 6.92 Å². The Bertz CT molecular complexity index is 402. The molecule has 86 valence electrons. The molecule has 1 heterocycles. The Morgan fingerprint density at radius 2 is 2.06 bits per heavy atom. The second-order valence-electron chi connectivity index (χ2n) is 3.89. The van der Waals surface area contributed by atoms with Crippen molar-refractivity contribution in [1.82, 2.24) is 4.90 Å². The number of aryl methyl sites for hydroxylation is 1. The molecule has 0 aliphatic carbocycles. The highest BCUT2D eigenvalue weighted by molar-refractivity contribution is 9.10. The van der Waals surface area contributed by atoms with Gasteiger partial charge in [-0.05, 0) is 40.5 Å². The molecule has 0 atom stereocenters. The van der Waals surface area contributed by atoms with Crippen LogP contribution < -0.4 is 0 Å². The highest BCUT2D eigenvalue weighted by atomic mass is 79.9. The number of nitrogens with zero attached hydrogens (tertiary/aromatic N) is 1. The first kappa shape index (κ1) is 12.0. The Hall–Kier alpha value is -0.480. The molecule has 0 N–H and O–H groups in total. The molecular weight excluding hydrogens is 286 g/mol. The van der Waals surface area contributed by atoms with Crippen molar-refractivity contribution < 1.29 is 4.79 Å². The molecule has 0 radical (unpaired) electrons. The van der Waals surface area contributed by atoms with Gasteiger partial charge in [0.15, 0.2) is 0 Å². The van der Waals surface area contributed by atoms with Gasteiger partial charge in [0.1, 0.15) is 0 Å². The van der Waals surface area contributed by atoms with Gasteiger partial charge in [0, 0.05) is 29.1 Å². The number of thioether (sulfide) groups is 1. The van der Waals surface area contributed by atoms with Gasteiger partial charge in [-0.2, -0.15) is 11.8 Å². The smallest absolute Gasteiger partial charge is 0.255 e. The van der Waals surface area contributed by atoms with Crippen LogP contribution in [0.1, 0.15) is 15.9 Å². The van der Waals surface area contributed by atoms with Crippen LogP contribution in [0.5, 0.6) is 0 Å². The van der Waals surface area contributed by atoms with E-state index in [0.29, 0.717) is 0 Å². The zero-order chi connectivity index (χ0) is 11.5. The van der Waals surface area contributed by atoms with Crippen molar-refractivity contribution in [2.24, 2.45) is 0 Å². The molecule has 1 aliphatic rings. The van der Waals surface area contributed by atoms with E-state index in [9.17, 15) is 4.79 Å². The van der Waals surface area contributed by atoms with Crippen molar-refractivity contribution in [3.63, 3.8) is 0 Å². The third-order valence-corrected chi connectivity index (χ3v) is 4.25. The van der Waals surface area contributed by atoms with Gasteiger partial charge >= 0.3 is 0 Å². The maximum Gasteiger partial charge on any atom is 0.255 e. The highest BCUT2D eigenvalue weighted by Crippen LogP contribution is 2.21. The number of hydrogen-bond donors (Lipinski definition) is 0. The van der Waals surface area contributed by atoms with E-state index in [1.807, 2.05) is 41.8 Å². The SMILES string of the molecule is Cc1ccc(C(=O)N2CCSCC2)c(Br)c1. The third-order valence-electron chi connectivity index (χ3n) is 2.65. The van der Waals surface area contributed by atoms with E-state index in [1.54, 1.807) is 0 Å². The molecule has 4 heteroatoms. The van der Waals surface area contributed by atoms with E-state index in [1.165, 1.54) is 0 Å². The summed E-state index contributed by atoms with van der Waals surface area (Å²) < 4.78 is 0.899. The first-order valence-corrected chi connectivity index (χ1v) is 7.26. The summed E-state index contributed by atoms with van der Waals surface area (Å²) in [5, 5.41) is 0. The summed E-state index contributed by atoms with van der Waals surface area (Å²) in [4.78, 5) is 14.2. The first-order chi connectivity index (χ1) is 7.68. The van der Waals surface area contributed by atoms with E-state index in [-0.39, 0.29) is 5.91 Å². The minimum atomic E-state index is 0.146. The summed E-state index contributed by atoms with van der Waals surface area (Å²) in [5.74, 6) is 2.25. The fourth-order valence-electron chi connectivity index (χ4n) is 1.73. The van der Waals surface area contributed by atoms with Crippen LogP contribution in [0.4, 0.5) is 0 Å². The second-order valence-corrected chi connectivity index (χ2v) is 5.97. The number of hydrogen-bond acceptors (Lipinski definition) is 2. The number of halogens is 1. The van der Waals surface area contributed by atoms with E-state index < -0.39 is 0 Å². The van der Waals surface area contributed by atoms with Crippen molar-refractivity contribution in [2.45, 2.75) is 6.92 Å². The maximum absolute atomic E-state index is 12.2. The van der Waals surface area contributed by atoms with E-state index in [0.717, 1.165) is 40.2 Å².